The van der Waals surface area contributed by atoms with E-state index in [0.717, 1.165) is 39.2 Å². The van der Waals surface area contributed by atoms with Crippen LogP contribution in [-0.4, -0.2) is 115 Å². The molecule has 14 nitrogen and oxygen atoms in total. The molecule has 0 radical (unpaired) electrons. The topological polar surface area (TPSA) is 173 Å². The number of sulfone groups is 1. The molecule has 4 heterocycles. The molecule has 79 heavy (non-hydrogen) atoms. The highest BCUT2D eigenvalue weighted by Gasteiger charge is 2.49. The fraction of sp³-hybridized carbons (Fsp3) is 0.386. The van der Waals surface area contributed by atoms with Crippen LogP contribution in [0.2, 0.25) is 5.02 Å². The van der Waals surface area contributed by atoms with Crippen LogP contribution in [0.25, 0.3) is 22.4 Å². The minimum Gasteiger partial charge on any atom is -0.478 e. The number of halogens is 4. The second-order valence-corrected chi connectivity index (χ2v) is 28.3. The number of likely N-dealkylation sites (tertiary alicyclic amines) is 1. The van der Waals surface area contributed by atoms with Gasteiger partial charge >= 0.3 is 26.6 Å². The maximum Gasteiger partial charge on any atom is 0.501 e. The molecular formula is C57H65ClF3N5O9P2S2. The highest BCUT2D eigenvalue weighted by molar-refractivity contribution is 7.99. The van der Waals surface area contributed by atoms with Crippen molar-refractivity contribution in [3.8, 4) is 22.4 Å². The van der Waals surface area contributed by atoms with Crippen LogP contribution in [0.15, 0.2) is 131 Å². The van der Waals surface area contributed by atoms with Crippen molar-refractivity contribution in [1.82, 2.24) is 9.47 Å². The number of hydrogen-bond acceptors (Lipinski definition) is 10. The third-order valence-corrected chi connectivity index (χ3v) is 21.8. The van der Waals surface area contributed by atoms with Gasteiger partial charge in [-0.05, 0) is 167 Å². The number of hydrogen-bond donors (Lipinski definition) is 3. The van der Waals surface area contributed by atoms with Gasteiger partial charge in [-0.25, -0.2) is 13.2 Å². The van der Waals surface area contributed by atoms with E-state index in [9.17, 15) is 45.8 Å². The molecule has 1 aromatic heterocycles. The van der Waals surface area contributed by atoms with Crippen molar-refractivity contribution in [2.45, 2.75) is 67.8 Å². The molecule has 0 unspecified atom stereocenters. The number of carboxylic acids is 1. The van der Waals surface area contributed by atoms with Crippen LogP contribution in [0.1, 0.15) is 60.8 Å². The summed E-state index contributed by atoms with van der Waals surface area (Å²) in [5, 5.41) is 11.0. The molecule has 3 aliphatic heterocycles. The molecule has 0 bridgehead atoms. The molecule has 0 saturated carbocycles. The maximum absolute atomic E-state index is 15.0. The number of piperazine rings is 1. The Kier molecular flexibility index (Phi) is 17.9. The summed E-state index contributed by atoms with van der Waals surface area (Å²) in [6.07, 6.45) is 1.54. The van der Waals surface area contributed by atoms with Crippen molar-refractivity contribution in [3.05, 3.63) is 143 Å². The van der Waals surface area contributed by atoms with E-state index in [4.69, 9.17) is 16.1 Å². The first-order valence-corrected chi connectivity index (χ1v) is 32.6. The Balaban J connectivity index is 0.914. The first-order valence-electron chi connectivity index (χ1n) is 26.4. The van der Waals surface area contributed by atoms with E-state index in [2.05, 4.69) is 19.3 Å². The van der Waals surface area contributed by atoms with Crippen LogP contribution in [0.4, 0.5) is 30.2 Å². The van der Waals surface area contributed by atoms with Crippen LogP contribution in [0.3, 0.4) is 0 Å². The van der Waals surface area contributed by atoms with Crippen molar-refractivity contribution in [2.24, 2.45) is 11.8 Å². The van der Waals surface area contributed by atoms with Gasteiger partial charge < -0.3 is 38.7 Å². The van der Waals surface area contributed by atoms with Gasteiger partial charge in [0, 0.05) is 76.2 Å². The molecule has 3 fully saturated rings. The number of aromatic nitrogens is 1. The Morgan fingerprint density at radius 2 is 1.47 bits per heavy atom. The predicted molar refractivity (Wildman–Crippen MR) is 309 cm³/mol. The lowest BCUT2D eigenvalue weighted by Gasteiger charge is -2.37. The quantitative estimate of drug-likeness (QED) is 0.0516. The first-order chi connectivity index (χ1) is 37.5. The largest absolute Gasteiger partial charge is 0.501 e. The Hall–Kier alpha value is -5.07. The molecule has 0 spiro atoms. The van der Waals surface area contributed by atoms with Crippen molar-refractivity contribution in [1.29, 1.82) is 0 Å². The Bertz CT molecular complexity index is 3350. The average Bonchev–Trinajstić information content (AvgIpc) is 4.14. The third kappa shape index (κ3) is 13.2. The van der Waals surface area contributed by atoms with Crippen molar-refractivity contribution in [3.63, 3.8) is 0 Å². The summed E-state index contributed by atoms with van der Waals surface area (Å²) < 4.78 is 107. The van der Waals surface area contributed by atoms with Gasteiger partial charge in [0.2, 0.25) is 0 Å². The molecule has 6 aromatic rings. The maximum atomic E-state index is 15.0. The summed E-state index contributed by atoms with van der Waals surface area (Å²) >= 11 is 7.80. The van der Waals surface area contributed by atoms with E-state index >= 15 is 4.57 Å². The van der Waals surface area contributed by atoms with E-state index in [1.807, 2.05) is 99.6 Å². The number of anilines is 3. The highest BCUT2D eigenvalue weighted by Crippen LogP contribution is 2.56. The third-order valence-electron chi connectivity index (χ3n) is 15.2. The van der Waals surface area contributed by atoms with E-state index < -0.39 is 41.3 Å². The summed E-state index contributed by atoms with van der Waals surface area (Å²) in [6, 6.07) is 35.9. The molecule has 422 valence electrons. The molecule has 5 aromatic carbocycles. The molecule has 3 saturated heterocycles. The molecule has 9 rings (SSSR count). The fourth-order valence-corrected chi connectivity index (χ4v) is 16.9. The van der Waals surface area contributed by atoms with Gasteiger partial charge in [0.25, 0.3) is 9.84 Å². The number of rotatable bonds is 19. The average molecular weight is 1180 g/mol. The van der Waals surface area contributed by atoms with Crippen molar-refractivity contribution < 1.29 is 54.9 Å². The second-order valence-electron chi connectivity index (χ2n) is 20.8. The number of aromatic carboxylic acids is 1. The lowest BCUT2D eigenvalue weighted by molar-refractivity contribution is -0.0436. The molecule has 0 aliphatic carbocycles. The zero-order valence-corrected chi connectivity index (χ0v) is 48.3. The lowest BCUT2D eigenvalue weighted by Crippen LogP contribution is -2.46. The van der Waals surface area contributed by atoms with E-state index in [-0.39, 0.29) is 60.0 Å². The molecular weight excluding hydrogens is 1120 g/mol. The van der Waals surface area contributed by atoms with E-state index in [1.54, 1.807) is 24.3 Å². The Labute approximate surface area is 469 Å². The molecule has 2 atom stereocenters. The van der Waals surface area contributed by atoms with Gasteiger partial charge in [-0.3, -0.25) is 13.8 Å². The summed E-state index contributed by atoms with van der Waals surface area (Å²) in [4.78, 5) is 38.6. The minimum atomic E-state index is -5.93. The normalized spacial score (nSPS) is 18.4. The number of piperidine rings is 1. The SMILES string of the molecule is Cc1c(C(=O)O)c(-c2cccc(N3CCN(c4ccc(N5CCO[P@]5(=O)c5ccc(C[C@H](CCN6CCC(CP(=O)(O)O)CC6)CSc6ccccc6)c(S(=O)(=O)C(F)(F)F)c5)cc4)CC3)c2)c(-c2ccc(Cl)cc2)n1C(C)C. The smallest absolute Gasteiger partial charge is 0.478 e. The molecule has 0 amide bonds. The van der Waals surface area contributed by atoms with Gasteiger partial charge in [0.15, 0.2) is 0 Å². The summed E-state index contributed by atoms with van der Waals surface area (Å²) in [5.41, 5.74) is 0.622. The standard InChI is InChI=1S/C57H65ClF3N5O9P2S2/c1-39(2)66-40(3)53(56(67)68)54(55(66)43-12-15-46(58)16-13-43)45-8-7-9-49(35-45)64-30-28-63(29-31-64)47-17-19-48(20-18-47)65-32-33-75-77(65,72)50-21-14-44(52(36-50)79(73,74)57(59,60)61)34-42(38-78-51-10-5-4-6-11-51)24-27-62-25-22-41(23-26-62)37-76(69,70)71/h4-21,35-36,39,41-42H,22-34,37-38H2,1-3H3,(H,67,68)(H2,69,70,71)/t42-,77+/m0/s1. The molecule has 3 aliphatic rings. The number of thioether (sulfide) groups is 1. The van der Waals surface area contributed by atoms with Crippen LogP contribution in [0, 0.1) is 18.8 Å². The number of nitrogens with zero attached hydrogens (tertiary/aromatic N) is 5. The van der Waals surface area contributed by atoms with Gasteiger partial charge in [-0.1, -0.05) is 60.1 Å². The van der Waals surface area contributed by atoms with E-state index in [0.29, 0.717) is 92.8 Å². The number of carbonyl (C=O) groups is 1. The van der Waals surface area contributed by atoms with Gasteiger partial charge in [0.05, 0.1) is 40.8 Å². The first kappa shape index (κ1) is 58.6. The molecule has 3 N–H and O–H groups in total. The minimum absolute atomic E-state index is 0.0101. The monoisotopic (exact) mass is 1180 g/mol. The number of alkyl halides is 3. The van der Waals surface area contributed by atoms with Crippen LogP contribution < -0.4 is 19.8 Å². The van der Waals surface area contributed by atoms with Gasteiger partial charge in [0.1, 0.15) is 0 Å². The number of carboxylic acid groups (broad SMARTS) is 1. The van der Waals surface area contributed by atoms with Gasteiger partial charge in [-0.2, -0.15) is 13.2 Å². The van der Waals surface area contributed by atoms with E-state index in [1.165, 1.54) is 28.6 Å². The van der Waals surface area contributed by atoms with Gasteiger partial charge in [-0.15, -0.1) is 11.8 Å². The lowest BCUT2D eigenvalue weighted by atomic mass is 9.95. The summed E-state index contributed by atoms with van der Waals surface area (Å²) in [7, 11) is -14.2. The zero-order valence-electron chi connectivity index (χ0n) is 44.1. The van der Waals surface area contributed by atoms with Crippen LogP contribution in [-0.2, 0) is 29.9 Å². The Morgan fingerprint density at radius 3 is 2.09 bits per heavy atom. The number of benzene rings is 5. The van der Waals surface area contributed by atoms with Crippen LogP contribution in [0.5, 0.6) is 0 Å². The molecule has 22 heteroatoms. The summed E-state index contributed by atoms with van der Waals surface area (Å²) in [5.74, 6) is -0.929. The predicted octanol–water partition coefficient (Wildman–Crippen LogP) is 12.3. The van der Waals surface area contributed by atoms with Crippen LogP contribution >= 0.6 is 38.5 Å². The summed E-state index contributed by atoms with van der Waals surface area (Å²) in [6.45, 7) is 10.4. The second kappa shape index (κ2) is 24.2. The Morgan fingerprint density at radius 1 is 0.823 bits per heavy atom. The van der Waals surface area contributed by atoms with Crippen molar-refractivity contribution in [2.75, 3.05) is 85.3 Å². The fourth-order valence-electron chi connectivity index (χ4n) is 11.3. The van der Waals surface area contributed by atoms with Crippen molar-refractivity contribution >= 4 is 76.7 Å². The highest BCUT2D eigenvalue weighted by atomic mass is 35.5. The zero-order chi connectivity index (χ0) is 56.4.